The van der Waals surface area contributed by atoms with Crippen LogP contribution in [0.5, 0.6) is 0 Å². The van der Waals surface area contributed by atoms with Gasteiger partial charge < -0.3 is 9.47 Å². The molecule has 0 N–H and O–H groups in total. The fraction of sp³-hybridized carbons (Fsp3) is 0.176. The van der Waals surface area contributed by atoms with E-state index in [9.17, 15) is 9.18 Å². The molecule has 1 heterocycles. The number of nitrogens with zero attached hydrogens (tertiary/aromatic N) is 3. The molecular weight excluding hydrogens is 313 g/mol. The molecule has 0 aliphatic heterocycles. The fourth-order valence-corrected chi connectivity index (χ4v) is 3.31. The van der Waals surface area contributed by atoms with Gasteiger partial charge in [0.25, 0.3) is 5.91 Å². The normalized spacial score (nSPS) is 11.9. The molecule has 0 unspecified atom stereocenters. The molecule has 0 aliphatic carbocycles. The molecule has 0 spiro atoms. The first-order valence-electron chi connectivity index (χ1n) is 7.07. The minimum Gasteiger partial charge on any atom is -0.378 e. The van der Waals surface area contributed by atoms with Crippen molar-refractivity contribution in [2.24, 2.45) is 12.0 Å². The number of hydrogen-bond acceptors (Lipinski definition) is 3. The van der Waals surface area contributed by atoms with Crippen molar-refractivity contribution in [1.82, 2.24) is 4.57 Å². The first-order valence-corrected chi connectivity index (χ1v) is 7.89. The summed E-state index contributed by atoms with van der Waals surface area (Å²) in [6.07, 6.45) is 0. The summed E-state index contributed by atoms with van der Waals surface area (Å²) in [6, 6.07) is 11.8. The summed E-state index contributed by atoms with van der Waals surface area (Å²) in [6.45, 7) is 0. The predicted molar refractivity (Wildman–Crippen MR) is 91.4 cm³/mol. The Bertz CT molecular complexity index is 939. The molecule has 0 radical (unpaired) electrons. The zero-order valence-corrected chi connectivity index (χ0v) is 13.9. The van der Waals surface area contributed by atoms with Crippen LogP contribution in [-0.2, 0) is 7.05 Å². The smallest absolute Gasteiger partial charge is 0.279 e. The molecule has 118 valence electrons. The molecule has 23 heavy (non-hydrogen) atoms. The molecule has 1 amide bonds. The standard InChI is InChI=1S/C17H16FN3OS/c1-20(2)13-7-4-11(5-8-13)16(22)19-17-21(3)14-9-6-12(18)10-15(14)23-17/h4-10H,1-3H3. The van der Waals surface area contributed by atoms with Gasteiger partial charge in [0.2, 0.25) is 0 Å². The van der Waals surface area contributed by atoms with Crippen LogP contribution in [0.15, 0.2) is 47.5 Å². The third-order valence-electron chi connectivity index (χ3n) is 3.60. The number of fused-ring (bicyclic) bond motifs is 1. The number of aromatic nitrogens is 1. The second-order valence-corrected chi connectivity index (χ2v) is 6.42. The summed E-state index contributed by atoms with van der Waals surface area (Å²) < 4.78 is 15.9. The van der Waals surface area contributed by atoms with E-state index >= 15 is 0 Å². The Morgan fingerprint density at radius 2 is 1.87 bits per heavy atom. The van der Waals surface area contributed by atoms with Crippen LogP contribution in [0, 0.1) is 5.82 Å². The maximum atomic E-state index is 13.3. The number of aryl methyl sites for hydroxylation is 1. The summed E-state index contributed by atoms with van der Waals surface area (Å²) in [5, 5.41) is 0. The molecular formula is C17H16FN3OS. The average molecular weight is 329 g/mol. The average Bonchev–Trinajstić information content (AvgIpc) is 2.82. The van der Waals surface area contributed by atoms with Crippen molar-refractivity contribution in [3.05, 3.63) is 58.6 Å². The Balaban J connectivity index is 2.00. The number of thiazole rings is 1. The lowest BCUT2D eigenvalue weighted by Crippen LogP contribution is -2.13. The van der Waals surface area contributed by atoms with E-state index in [0.29, 0.717) is 10.4 Å². The van der Waals surface area contributed by atoms with Gasteiger partial charge in [-0.15, -0.1) is 0 Å². The summed E-state index contributed by atoms with van der Waals surface area (Å²) in [7, 11) is 5.70. The van der Waals surface area contributed by atoms with Crippen LogP contribution in [0.3, 0.4) is 0 Å². The highest BCUT2D eigenvalue weighted by Gasteiger charge is 2.08. The Morgan fingerprint density at radius 1 is 1.17 bits per heavy atom. The Hall–Kier alpha value is -2.47. The van der Waals surface area contributed by atoms with E-state index in [1.165, 1.54) is 23.5 Å². The predicted octanol–water partition coefficient (Wildman–Crippen LogP) is 3.19. The summed E-state index contributed by atoms with van der Waals surface area (Å²) in [4.78, 5) is 19.0. The molecule has 0 fully saturated rings. The van der Waals surface area contributed by atoms with Crippen LogP contribution < -0.4 is 9.70 Å². The van der Waals surface area contributed by atoms with Crippen LogP contribution in [0.4, 0.5) is 10.1 Å². The highest BCUT2D eigenvalue weighted by Crippen LogP contribution is 2.18. The van der Waals surface area contributed by atoms with Gasteiger partial charge in [0.05, 0.1) is 10.2 Å². The van der Waals surface area contributed by atoms with Crippen LogP contribution >= 0.6 is 11.3 Å². The summed E-state index contributed by atoms with van der Waals surface area (Å²) >= 11 is 1.30. The molecule has 4 nitrogen and oxygen atoms in total. The maximum Gasteiger partial charge on any atom is 0.279 e. The number of benzene rings is 2. The molecule has 0 saturated heterocycles. The highest BCUT2D eigenvalue weighted by atomic mass is 32.1. The van der Waals surface area contributed by atoms with Gasteiger partial charge in [-0.2, -0.15) is 4.99 Å². The molecule has 3 rings (SSSR count). The number of halogens is 1. The number of anilines is 1. The van der Waals surface area contributed by atoms with E-state index < -0.39 is 0 Å². The molecule has 0 saturated carbocycles. The van der Waals surface area contributed by atoms with Crippen molar-refractivity contribution < 1.29 is 9.18 Å². The van der Waals surface area contributed by atoms with E-state index in [2.05, 4.69) is 4.99 Å². The second-order valence-electron chi connectivity index (χ2n) is 5.41. The fourth-order valence-electron chi connectivity index (χ4n) is 2.27. The minimum absolute atomic E-state index is 0.295. The van der Waals surface area contributed by atoms with E-state index in [1.54, 1.807) is 22.8 Å². The van der Waals surface area contributed by atoms with E-state index in [-0.39, 0.29) is 11.7 Å². The van der Waals surface area contributed by atoms with Crippen LogP contribution in [-0.4, -0.2) is 24.6 Å². The molecule has 6 heteroatoms. The largest absolute Gasteiger partial charge is 0.378 e. The lowest BCUT2D eigenvalue weighted by Gasteiger charge is -2.11. The lowest BCUT2D eigenvalue weighted by atomic mass is 10.2. The van der Waals surface area contributed by atoms with Gasteiger partial charge in [-0.25, -0.2) is 4.39 Å². The zero-order chi connectivity index (χ0) is 16.6. The first kappa shape index (κ1) is 15.4. The van der Waals surface area contributed by atoms with Gasteiger partial charge in [-0.3, -0.25) is 4.79 Å². The Labute approximate surface area is 137 Å². The van der Waals surface area contributed by atoms with Crippen LogP contribution in [0.25, 0.3) is 10.2 Å². The molecule has 0 aliphatic rings. The van der Waals surface area contributed by atoms with Crippen molar-refractivity contribution in [2.45, 2.75) is 0 Å². The van der Waals surface area contributed by atoms with Crippen molar-refractivity contribution >= 4 is 33.1 Å². The van der Waals surface area contributed by atoms with E-state index in [4.69, 9.17) is 0 Å². The summed E-state index contributed by atoms with van der Waals surface area (Å²) in [5.74, 6) is -0.602. The van der Waals surface area contributed by atoms with E-state index in [1.807, 2.05) is 38.2 Å². The SMILES string of the molecule is CN(C)c1ccc(C(=O)N=c2sc3cc(F)ccc3n2C)cc1. The number of hydrogen-bond donors (Lipinski definition) is 0. The quantitative estimate of drug-likeness (QED) is 0.724. The number of carbonyl (C=O) groups excluding carboxylic acids is 1. The number of rotatable bonds is 2. The number of amides is 1. The molecule has 3 aromatic rings. The highest BCUT2D eigenvalue weighted by molar-refractivity contribution is 7.16. The lowest BCUT2D eigenvalue weighted by molar-refractivity contribution is 0.0998. The van der Waals surface area contributed by atoms with Gasteiger partial charge in [0.15, 0.2) is 4.80 Å². The monoisotopic (exact) mass is 329 g/mol. The molecule has 2 aromatic carbocycles. The topological polar surface area (TPSA) is 37.6 Å². The third-order valence-corrected chi connectivity index (χ3v) is 4.69. The molecule has 1 aromatic heterocycles. The van der Waals surface area contributed by atoms with Crippen molar-refractivity contribution in [1.29, 1.82) is 0 Å². The van der Waals surface area contributed by atoms with E-state index in [0.717, 1.165) is 15.9 Å². The van der Waals surface area contributed by atoms with Crippen molar-refractivity contribution in [3.8, 4) is 0 Å². The van der Waals surface area contributed by atoms with Crippen LogP contribution in [0.2, 0.25) is 0 Å². The van der Waals surface area contributed by atoms with Crippen molar-refractivity contribution in [2.75, 3.05) is 19.0 Å². The van der Waals surface area contributed by atoms with Gasteiger partial charge in [0.1, 0.15) is 5.82 Å². The molecule has 0 bridgehead atoms. The van der Waals surface area contributed by atoms with Crippen molar-refractivity contribution in [3.63, 3.8) is 0 Å². The third kappa shape index (κ3) is 3.03. The minimum atomic E-state index is -0.307. The van der Waals surface area contributed by atoms with Gasteiger partial charge in [0, 0.05) is 32.4 Å². The maximum absolute atomic E-state index is 13.3. The number of carbonyl (C=O) groups is 1. The molecule has 0 atom stereocenters. The first-order chi connectivity index (χ1) is 11.0. The summed E-state index contributed by atoms with van der Waals surface area (Å²) in [5.41, 5.74) is 2.40. The van der Waals surface area contributed by atoms with Gasteiger partial charge in [-0.1, -0.05) is 11.3 Å². The zero-order valence-electron chi connectivity index (χ0n) is 13.1. The Morgan fingerprint density at radius 3 is 2.52 bits per heavy atom. The van der Waals surface area contributed by atoms with Gasteiger partial charge in [-0.05, 0) is 42.5 Å². The Kier molecular flexibility index (Phi) is 4.00. The van der Waals surface area contributed by atoms with Gasteiger partial charge >= 0.3 is 0 Å². The van der Waals surface area contributed by atoms with Crippen LogP contribution in [0.1, 0.15) is 10.4 Å². The second kappa shape index (κ2) is 5.96.